The Morgan fingerprint density at radius 2 is 1.83 bits per heavy atom. The first kappa shape index (κ1) is 36.1. The van der Waals surface area contributed by atoms with Gasteiger partial charge >= 0.3 is 6.09 Å². The smallest absolute Gasteiger partial charge is 0.407 e. The highest BCUT2D eigenvalue weighted by Crippen LogP contribution is 2.67. The number of rotatable bonds is 15. The molecule has 4 fully saturated rings. The van der Waals surface area contributed by atoms with Crippen molar-refractivity contribution in [2.75, 3.05) is 19.8 Å². The molecule has 3 saturated carbocycles. The third-order valence-corrected chi connectivity index (χ3v) is 13.5. The number of aliphatic hydroxyl groups is 2. The average molecular weight is 646 g/mol. The third kappa shape index (κ3) is 8.17. The van der Waals surface area contributed by atoms with E-state index >= 15 is 0 Å². The first-order chi connectivity index (χ1) is 22.0. The molecule has 5 rings (SSSR count). The summed E-state index contributed by atoms with van der Waals surface area (Å²) in [6, 6.07) is 0. The van der Waals surface area contributed by atoms with Crippen molar-refractivity contribution >= 4 is 6.09 Å². The van der Waals surface area contributed by atoms with Crippen molar-refractivity contribution in [2.45, 2.75) is 162 Å². The lowest BCUT2D eigenvalue weighted by Crippen LogP contribution is -2.51. The van der Waals surface area contributed by atoms with Gasteiger partial charge in [0.15, 0.2) is 6.29 Å². The zero-order valence-corrected chi connectivity index (χ0v) is 29.8. The molecule has 0 radical (unpaired) electrons. The second-order valence-electron chi connectivity index (χ2n) is 16.9. The van der Waals surface area contributed by atoms with E-state index in [9.17, 15) is 9.90 Å². The van der Waals surface area contributed by atoms with E-state index in [1.54, 1.807) is 5.57 Å². The van der Waals surface area contributed by atoms with Gasteiger partial charge in [0.2, 0.25) is 0 Å². The maximum Gasteiger partial charge on any atom is 0.407 e. The van der Waals surface area contributed by atoms with Gasteiger partial charge in [0.05, 0.1) is 12.7 Å². The van der Waals surface area contributed by atoms with Gasteiger partial charge in [0.25, 0.3) is 0 Å². The summed E-state index contributed by atoms with van der Waals surface area (Å²) in [5.41, 5.74) is 2.37. The maximum absolute atomic E-state index is 12.7. The summed E-state index contributed by atoms with van der Waals surface area (Å²) >= 11 is 0. The van der Waals surface area contributed by atoms with Crippen LogP contribution < -0.4 is 5.32 Å². The monoisotopic (exact) mass is 645 g/mol. The van der Waals surface area contributed by atoms with E-state index in [0.717, 1.165) is 80.5 Å². The van der Waals surface area contributed by atoms with E-state index in [1.807, 2.05) is 0 Å². The topological polar surface area (TPSA) is 97.3 Å². The fourth-order valence-electron chi connectivity index (χ4n) is 10.9. The summed E-state index contributed by atoms with van der Waals surface area (Å²) in [6.45, 7) is 13.5. The minimum atomic E-state index is -0.655. The van der Waals surface area contributed by atoms with Crippen LogP contribution in [0.25, 0.3) is 0 Å². The van der Waals surface area contributed by atoms with Crippen molar-refractivity contribution in [3.8, 4) is 0 Å². The van der Waals surface area contributed by atoms with E-state index in [2.05, 4.69) is 46.0 Å². The van der Waals surface area contributed by atoms with Crippen molar-refractivity contribution in [3.05, 3.63) is 11.6 Å². The van der Waals surface area contributed by atoms with E-state index in [-0.39, 0.29) is 24.2 Å². The van der Waals surface area contributed by atoms with Crippen LogP contribution in [0, 0.1) is 46.3 Å². The molecule has 1 aliphatic heterocycles. The first-order valence-electron chi connectivity index (χ1n) is 19.2. The number of nitrogens with one attached hydrogen (secondary N) is 1. The van der Waals surface area contributed by atoms with Crippen molar-refractivity contribution in [1.29, 1.82) is 0 Å². The average Bonchev–Trinajstić information content (AvgIpc) is 3.56. The molecule has 3 N–H and O–H groups in total. The summed E-state index contributed by atoms with van der Waals surface area (Å²) in [5.74, 6) is 5.06. The molecule has 0 aromatic carbocycles. The number of hydrogen-bond donors (Lipinski definition) is 3. The molecule has 7 heteroatoms. The van der Waals surface area contributed by atoms with Crippen LogP contribution in [0.2, 0.25) is 0 Å². The lowest BCUT2D eigenvalue weighted by molar-refractivity contribution is -0.143. The van der Waals surface area contributed by atoms with Crippen LogP contribution in [0.4, 0.5) is 4.79 Å². The number of hydrogen-bond acceptors (Lipinski definition) is 6. The highest BCUT2D eigenvalue weighted by Gasteiger charge is 2.59. The normalized spacial score (nSPS) is 39.3. The quantitative estimate of drug-likeness (QED) is 0.123. The number of allylic oxidation sites excluding steroid dienone is 1. The molecule has 4 aliphatic carbocycles. The number of carbonyl (C=O) groups excluding carboxylic acids is 1. The minimum Gasteiger partial charge on any atom is -0.446 e. The second-order valence-corrected chi connectivity index (χ2v) is 16.9. The zero-order valence-electron chi connectivity index (χ0n) is 29.8. The van der Waals surface area contributed by atoms with E-state index in [4.69, 9.17) is 19.3 Å². The van der Waals surface area contributed by atoms with Crippen molar-refractivity contribution in [2.24, 2.45) is 46.3 Å². The summed E-state index contributed by atoms with van der Waals surface area (Å²) in [7, 11) is 0. The predicted molar refractivity (Wildman–Crippen MR) is 182 cm³/mol. The molecule has 0 aromatic heterocycles. The molecule has 0 bridgehead atoms. The number of carbonyl (C=O) groups is 1. The highest BCUT2D eigenvalue weighted by molar-refractivity contribution is 5.67. The van der Waals surface area contributed by atoms with Crippen LogP contribution in [0.15, 0.2) is 11.6 Å². The van der Waals surface area contributed by atoms with Gasteiger partial charge in [-0.05, 0) is 104 Å². The summed E-state index contributed by atoms with van der Waals surface area (Å²) < 4.78 is 17.1. The molecular formula is C39H67NO6. The zero-order chi connectivity index (χ0) is 32.9. The molecule has 0 aromatic rings. The maximum atomic E-state index is 12.7. The molecule has 1 amide bonds. The predicted octanol–water partition coefficient (Wildman–Crippen LogP) is 8.17. The second kappa shape index (κ2) is 16.0. The Kier molecular flexibility index (Phi) is 12.6. The molecule has 1 saturated heterocycles. The van der Waals surface area contributed by atoms with Gasteiger partial charge < -0.3 is 29.7 Å². The molecule has 264 valence electrons. The molecule has 2 unspecified atom stereocenters. The Morgan fingerprint density at radius 1 is 1.02 bits per heavy atom. The molecule has 1 heterocycles. The molecule has 5 aliphatic rings. The number of fused-ring (bicyclic) bond motifs is 5. The molecule has 46 heavy (non-hydrogen) atoms. The number of unbranched alkanes of at least 4 members (excludes halogenated alkanes) is 3. The summed E-state index contributed by atoms with van der Waals surface area (Å²) in [4.78, 5) is 12.7. The van der Waals surface area contributed by atoms with E-state index in [0.29, 0.717) is 25.0 Å². The Balaban J connectivity index is 1.01. The van der Waals surface area contributed by atoms with E-state index in [1.165, 1.54) is 51.4 Å². The van der Waals surface area contributed by atoms with Gasteiger partial charge in [0.1, 0.15) is 12.2 Å². The van der Waals surface area contributed by atoms with Crippen LogP contribution in [-0.2, 0) is 14.2 Å². The third-order valence-electron chi connectivity index (χ3n) is 13.5. The lowest BCUT2D eigenvalue weighted by Gasteiger charge is -2.58. The largest absolute Gasteiger partial charge is 0.446 e. The number of aliphatic hydroxyl groups excluding tert-OH is 2. The van der Waals surface area contributed by atoms with Crippen LogP contribution >= 0.6 is 0 Å². The first-order valence-corrected chi connectivity index (χ1v) is 19.2. The standard InChI is InChI=1S/C39H67NO6/c1-26(2)11-10-12-27(3)31-15-16-32-30-14-13-28-23-29(17-19-38(28,4)33(30)18-20-39(31,32)5)45-37(43)40-21-8-6-7-9-22-44-36-24-34(42)35(25-41)46-36/h13,26-27,29-36,41-42H,6-12,14-25H2,1-5H3,(H,40,43)/t27?,29-,30?,31+,32-,33-,34-,35+,36-,38-,39+/m0/s1. The van der Waals surface area contributed by atoms with Gasteiger partial charge in [0, 0.05) is 26.0 Å². The Hall–Kier alpha value is -1.15. The number of alkyl carbamates (subject to hydrolysis) is 1. The highest BCUT2D eigenvalue weighted by atomic mass is 16.7. The van der Waals surface area contributed by atoms with Crippen molar-refractivity contribution < 1.29 is 29.2 Å². The fraction of sp³-hybridized carbons (Fsp3) is 0.923. The van der Waals surface area contributed by atoms with Gasteiger partial charge in [-0.15, -0.1) is 0 Å². The van der Waals surface area contributed by atoms with Gasteiger partial charge in [-0.3, -0.25) is 0 Å². The lowest BCUT2D eigenvalue weighted by atomic mass is 9.47. The fourth-order valence-corrected chi connectivity index (χ4v) is 10.9. The molecule has 11 atom stereocenters. The molecular weight excluding hydrogens is 578 g/mol. The Bertz CT molecular complexity index is 1020. The van der Waals surface area contributed by atoms with Crippen LogP contribution in [0.3, 0.4) is 0 Å². The van der Waals surface area contributed by atoms with Gasteiger partial charge in [-0.25, -0.2) is 4.79 Å². The Labute approximate surface area is 280 Å². The number of ether oxygens (including phenoxy) is 3. The Morgan fingerprint density at radius 3 is 2.59 bits per heavy atom. The van der Waals surface area contributed by atoms with Gasteiger partial charge in [-0.1, -0.05) is 78.4 Å². The summed E-state index contributed by atoms with van der Waals surface area (Å²) in [6.07, 6.45) is 19.0. The van der Waals surface area contributed by atoms with Crippen LogP contribution in [0.1, 0.15) is 137 Å². The van der Waals surface area contributed by atoms with Crippen molar-refractivity contribution in [1.82, 2.24) is 5.32 Å². The van der Waals surface area contributed by atoms with Crippen LogP contribution in [-0.4, -0.2) is 60.7 Å². The minimum absolute atomic E-state index is 0.00816. The SMILES string of the molecule is CC(C)CCCC(C)[C@H]1CC[C@H]2C3CC=C4C[C@@H](OC(=O)NCCCCCCO[C@@H]5C[C@H](O)[C@@H](CO)O5)CC[C@]4(C)[C@H]3CC[C@]12C. The van der Waals surface area contributed by atoms with E-state index < -0.39 is 18.5 Å². The molecule has 0 spiro atoms. The van der Waals surface area contributed by atoms with Crippen molar-refractivity contribution in [3.63, 3.8) is 0 Å². The molecule has 7 nitrogen and oxygen atoms in total. The van der Waals surface area contributed by atoms with Crippen LogP contribution in [0.5, 0.6) is 0 Å². The summed E-state index contributed by atoms with van der Waals surface area (Å²) in [5, 5.41) is 21.9. The van der Waals surface area contributed by atoms with Gasteiger partial charge in [-0.2, -0.15) is 0 Å². The number of amides is 1.